The predicted octanol–water partition coefficient (Wildman–Crippen LogP) is 2.06. The number of phenolic OH excluding ortho intramolecular Hbond substituents is 2. The number of aliphatic hydroxyl groups is 1. The van der Waals surface area contributed by atoms with Crippen molar-refractivity contribution in [3.8, 4) is 11.5 Å². The first kappa shape index (κ1) is 24.0. The Bertz CT molecular complexity index is 1110. The number of phenols is 2. The summed E-state index contributed by atoms with van der Waals surface area (Å²) >= 11 is 0. The molecule has 182 valence electrons. The van der Waals surface area contributed by atoms with E-state index in [1.807, 2.05) is 25.9 Å². The molecule has 4 rings (SSSR count). The lowest BCUT2D eigenvalue weighted by atomic mass is 9.81. The van der Waals surface area contributed by atoms with Gasteiger partial charge in [-0.05, 0) is 58.1 Å². The van der Waals surface area contributed by atoms with Gasteiger partial charge in [0.15, 0.2) is 0 Å². The summed E-state index contributed by atoms with van der Waals surface area (Å²) in [5.74, 6) is -1.70. The Morgan fingerprint density at radius 2 is 1.47 bits per heavy atom. The van der Waals surface area contributed by atoms with Gasteiger partial charge in [-0.15, -0.1) is 0 Å². The molecule has 0 spiro atoms. The number of hydrogen-bond donors (Lipinski definition) is 5. The minimum atomic E-state index is -0.514. The second kappa shape index (κ2) is 9.61. The van der Waals surface area contributed by atoms with Crippen molar-refractivity contribution < 1.29 is 24.9 Å². The number of ketones is 2. The number of aliphatic hydroxyl groups excluding tert-OH is 1. The molecule has 1 atom stereocenters. The molecule has 9 heteroatoms. The lowest BCUT2D eigenvalue weighted by Gasteiger charge is -2.30. The van der Waals surface area contributed by atoms with Crippen LogP contribution >= 0.6 is 0 Å². The third kappa shape index (κ3) is 4.46. The highest BCUT2D eigenvalue weighted by molar-refractivity contribution is 6.33. The Balaban J connectivity index is 1.70. The van der Waals surface area contributed by atoms with Gasteiger partial charge in [-0.3, -0.25) is 14.5 Å². The first-order valence-electron chi connectivity index (χ1n) is 11.6. The molecule has 0 amide bonds. The number of nitrogens with zero attached hydrogens (tertiary/aromatic N) is 2. The zero-order valence-electron chi connectivity index (χ0n) is 19.8. The molecule has 1 unspecified atom stereocenters. The normalized spacial score (nSPS) is 17.4. The molecule has 2 aromatic rings. The number of fused-ring (bicyclic) bond motifs is 2. The number of hydrogen-bond acceptors (Lipinski definition) is 9. The van der Waals surface area contributed by atoms with Crippen molar-refractivity contribution in [3.63, 3.8) is 0 Å². The third-order valence-electron chi connectivity index (χ3n) is 6.71. The average Bonchev–Trinajstić information content (AvgIpc) is 2.80. The summed E-state index contributed by atoms with van der Waals surface area (Å²) in [5.41, 5.74) is 0.993. The molecular formula is C25H32N4O5. The number of benzene rings is 2. The lowest BCUT2D eigenvalue weighted by molar-refractivity contribution is 0.0845. The molecule has 0 aromatic heterocycles. The Morgan fingerprint density at radius 3 is 2.03 bits per heavy atom. The van der Waals surface area contributed by atoms with E-state index in [9.17, 15) is 24.9 Å². The first-order valence-corrected chi connectivity index (χ1v) is 11.6. The number of carbonyl (C=O) groups excluding carboxylic acids is 2. The summed E-state index contributed by atoms with van der Waals surface area (Å²) in [5, 5.41) is 37.0. The van der Waals surface area contributed by atoms with E-state index >= 15 is 0 Å². The average molecular weight is 469 g/mol. The predicted molar refractivity (Wildman–Crippen MR) is 130 cm³/mol. The van der Waals surface area contributed by atoms with Gasteiger partial charge in [0.1, 0.15) is 11.5 Å². The molecule has 2 aliphatic rings. The van der Waals surface area contributed by atoms with Crippen LogP contribution in [-0.4, -0.2) is 89.2 Å². The Morgan fingerprint density at radius 1 is 0.941 bits per heavy atom. The van der Waals surface area contributed by atoms with Gasteiger partial charge < -0.3 is 30.9 Å². The van der Waals surface area contributed by atoms with Gasteiger partial charge >= 0.3 is 0 Å². The van der Waals surface area contributed by atoms with Gasteiger partial charge in [0.25, 0.3) is 0 Å². The highest BCUT2D eigenvalue weighted by Crippen LogP contribution is 2.42. The molecule has 1 heterocycles. The van der Waals surface area contributed by atoms with Gasteiger partial charge in [-0.25, -0.2) is 0 Å². The van der Waals surface area contributed by atoms with Gasteiger partial charge in [-0.2, -0.15) is 0 Å². The molecule has 0 saturated carbocycles. The van der Waals surface area contributed by atoms with E-state index < -0.39 is 11.6 Å². The summed E-state index contributed by atoms with van der Waals surface area (Å²) in [6.45, 7) is 4.82. The number of aromatic hydroxyl groups is 2. The first-order chi connectivity index (χ1) is 16.2. The Hall–Kier alpha value is -3.14. The summed E-state index contributed by atoms with van der Waals surface area (Å²) in [7, 11) is 3.79. The van der Waals surface area contributed by atoms with Crippen LogP contribution in [-0.2, 0) is 0 Å². The van der Waals surface area contributed by atoms with Crippen LogP contribution in [0.25, 0.3) is 0 Å². The zero-order valence-corrected chi connectivity index (χ0v) is 19.8. The van der Waals surface area contributed by atoms with Crippen LogP contribution in [0.4, 0.5) is 11.4 Å². The van der Waals surface area contributed by atoms with Crippen molar-refractivity contribution in [3.05, 3.63) is 46.5 Å². The molecule has 2 aromatic carbocycles. The van der Waals surface area contributed by atoms with E-state index in [-0.39, 0.29) is 46.0 Å². The molecule has 0 radical (unpaired) electrons. The summed E-state index contributed by atoms with van der Waals surface area (Å²) in [6.07, 6.45) is 1.12. The number of likely N-dealkylation sites (tertiary alicyclic amines) is 1. The summed E-state index contributed by atoms with van der Waals surface area (Å²) < 4.78 is 0. The molecule has 5 N–H and O–H groups in total. The number of piperidine rings is 1. The molecule has 1 fully saturated rings. The number of rotatable bonds is 7. The molecule has 1 aliphatic carbocycles. The van der Waals surface area contributed by atoms with Crippen molar-refractivity contribution in [1.82, 2.24) is 9.80 Å². The Labute approximate surface area is 199 Å². The fourth-order valence-electron chi connectivity index (χ4n) is 4.48. The monoisotopic (exact) mass is 468 g/mol. The Kier molecular flexibility index (Phi) is 6.79. The maximum absolute atomic E-state index is 13.6. The maximum atomic E-state index is 13.6. The van der Waals surface area contributed by atoms with Crippen molar-refractivity contribution in [2.45, 2.75) is 32.0 Å². The van der Waals surface area contributed by atoms with Crippen molar-refractivity contribution in [2.24, 2.45) is 0 Å². The SMILES string of the molecule is CC(Nc1ccc(NCCN2CCC(O)CC2)c2c1C(=O)c1c(O)ccc(O)c1C2=O)N(C)C. The number of carbonyl (C=O) groups is 2. The summed E-state index contributed by atoms with van der Waals surface area (Å²) in [4.78, 5) is 31.3. The van der Waals surface area contributed by atoms with E-state index in [2.05, 4.69) is 15.5 Å². The fraction of sp³-hybridized carbons (Fsp3) is 0.440. The second-order valence-electron chi connectivity index (χ2n) is 9.21. The van der Waals surface area contributed by atoms with Crippen LogP contribution in [0.5, 0.6) is 11.5 Å². The van der Waals surface area contributed by atoms with Crippen LogP contribution in [0.15, 0.2) is 24.3 Å². The lowest BCUT2D eigenvalue weighted by Crippen LogP contribution is -2.38. The van der Waals surface area contributed by atoms with E-state index in [0.29, 0.717) is 17.9 Å². The van der Waals surface area contributed by atoms with Crippen molar-refractivity contribution >= 4 is 22.9 Å². The van der Waals surface area contributed by atoms with E-state index in [0.717, 1.165) is 32.5 Å². The van der Waals surface area contributed by atoms with Crippen LogP contribution in [0.1, 0.15) is 51.6 Å². The van der Waals surface area contributed by atoms with E-state index in [1.165, 1.54) is 12.1 Å². The molecule has 0 bridgehead atoms. The zero-order chi connectivity index (χ0) is 24.6. The van der Waals surface area contributed by atoms with Gasteiger partial charge in [0.2, 0.25) is 11.6 Å². The molecular weight excluding hydrogens is 436 g/mol. The van der Waals surface area contributed by atoms with Crippen molar-refractivity contribution in [1.29, 1.82) is 0 Å². The fourth-order valence-corrected chi connectivity index (χ4v) is 4.48. The minimum Gasteiger partial charge on any atom is -0.507 e. The van der Waals surface area contributed by atoms with E-state index in [1.54, 1.807) is 12.1 Å². The topological polar surface area (TPSA) is 125 Å². The van der Waals surface area contributed by atoms with E-state index in [4.69, 9.17) is 0 Å². The molecule has 1 aliphatic heterocycles. The van der Waals surface area contributed by atoms with Crippen molar-refractivity contribution in [2.75, 3.05) is 50.9 Å². The molecule has 1 saturated heterocycles. The second-order valence-corrected chi connectivity index (χ2v) is 9.21. The van der Waals surface area contributed by atoms with Crippen LogP contribution < -0.4 is 10.6 Å². The van der Waals surface area contributed by atoms with Crippen LogP contribution in [0.2, 0.25) is 0 Å². The minimum absolute atomic E-state index is 0.126. The number of nitrogens with one attached hydrogen (secondary N) is 2. The molecule has 9 nitrogen and oxygen atoms in total. The summed E-state index contributed by atoms with van der Waals surface area (Å²) in [6, 6.07) is 5.96. The highest BCUT2D eigenvalue weighted by atomic mass is 16.3. The van der Waals surface area contributed by atoms with Crippen LogP contribution in [0.3, 0.4) is 0 Å². The smallest absolute Gasteiger partial charge is 0.200 e. The van der Waals surface area contributed by atoms with Gasteiger partial charge in [-0.1, -0.05) is 0 Å². The quantitative estimate of drug-likeness (QED) is 0.262. The van der Waals surface area contributed by atoms with Gasteiger partial charge in [0.05, 0.1) is 34.5 Å². The molecule has 34 heavy (non-hydrogen) atoms. The van der Waals surface area contributed by atoms with Crippen LogP contribution in [0, 0.1) is 0 Å². The van der Waals surface area contributed by atoms with Gasteiger partial charge in [0, 0.05) is 37.6 Å². The maximum Gasteiger partial charge on any atom is 0.200 e. The third-order valence-corrected chi connectivity index (χ3v) is 6.71. The highest BCUT2D eigenvalue weighted by Gasteiger charge is 2.38. The standard InChI is InChI=1S/C25H32N4O5/c1-14(28(2)3)27-17-5-4-16(26-10-13-29-11-8-15(30)9-12-29)20-21(17)25(34)23-19(32)7-6-18(31)22(23)24(20)33/h4-7,14-15,26-27,30-32H,8-13H2,1-3H3. The largest absolute Gasteiger partial charge is 0.507 e. The number of anilines is 2.